The molecular weight excluding hydrogens is 266 g/mol. The maximum Gasteiger partial charge on any atom is 0.200 e. The number of benzene rings is 2. The van der Waals surface area contributed by atoms with Gasteiger partial charge in [-0.3, -0.25) is 0 Å². The fourth-order valence-corrected chi connectivity index (χ4v) is 2.17. The van der Waals surface area contributed by atoms with Crippen LogP contribution in [-0.2, 0) is 6.54 Å². The SMILES string of the molecule is COc1cc(CNc2cc(C)ccc2C)cc(OC)c1O. The lowest BCUT2D eigenvalue weighted by Gasteiger charge is -2.14. The summed E-state index contributed by atoms with van der Waals surface area (Å²) in [5.74, 6) is 0.842. The topological polar surface area (TPSA) is 50.7 Å². The molecule has 0 heterocycles. The van der Waals surface area contributed by atoms with E-state index in [2.05, 4.69) is 37.4 Å². The lowest BCUT2D eigenvalue weighted by Crippen LogP contribution is -2.02. The Morgan fingerprint density at radius 1 is 1.00 bits per heavy atom. The van der Waals surface area contributed by atoms with E-state index < -0.39 is 0 Å². The van der Waals surface area contributed by atoms with Gasteiger partial charge >= 0.3 is 0 Å². The molecule has 0 aliphatic carbocycles. The standard InChI is InChI=1S/C17H21NO3/c1-11-5-6-12(2)14(7-11)18-10-13-8-15(20-3)17(19)16(9-13)21-4/h5-9,18-19H,10H2,1-4H3. The van der Waals surface area contributed by atoms with Crippen molar-refractivity contribution in [2.75, 3.05) is 19.5 Å². The number of ether oxygens (including phenoxy) is 2. The Balaban J connectivity index is 2.22. The van der Waals surface area contributed by atoms with Gasteiger partial charge in [-0.1, -0.05) is 12.1 Å². The van der Waals surface area contributed by atoms with Gasteiger partial charge in [0.05, 0.1) is 14.2 Å². The van der Waals surface area contributed by atoms with Gasteiger partial charge in [0.1, 0.15) is 0 Å². The van der Waals surface area contributed by atoms with Gasteiger partial charge in [0.25, 0.3) is 0 Å². The lowest BCUT2D eigenvalue weighted by atomic mass is 10.1. The van der Waals surface area contributed by atoms with Gasteiger partial charge in [0, 0.05) is 12.2 Å². The molecule has 0 saturated heterocycles. The second kappa shape index (κ2) is 6.39. The Hall–Kier alpha value is -2.36. The molecule has 0 fully saturated rings. The monoisotopic (exact) mass is 287 g/mol. The molecule has 0 aromatic heterocycles. The number of aryl methyl sites for hydroxylation is 2. The minimum absolute atomic E-state index is 0.0236. The molecule has 0 amide bonds. The average molecular weight is 287 g/mol. The Morgan fingerprint density at radius 2 is 1.62 bits per heavy atom. The van der Waals surface area contributed by atoms with Crippen LogP contribution < -0.4 is 14.8 Å². The number of nitrogens with one attached hydrogen (secondary N) is 1. The molecule has 0 spiro atoms. The van der Waals surface area contributed by atoms with Crippen LogP contribution in [0.4, 0.5) is 5.69 Å². The lowest BCUT2D eigenvalue weighted by molar-refractivity contribution is 0.339. The fourth-order valence-electron chi connectivity index (χ4n) is 2.17. The van der Waals surface area contributed by atoms with Crippen LogP contribution in [-0.4, -0.2) is 19.3 Å². The smallest absolute Gasteiger partial charge is 0.200 e. The van der Waals surface area contributed by atoms with Crippen LogP contribution in [0.3, 0.4) is 0 Å². The summed E-state index contributed by atoms with van der Waals surface area (Å²) >= 11 is 0. The molecule has 0 radical (unpaired) electrons. The zero-order chi connectivity index (χ0) is 15.4. The van der Waals surface area contributed by atoms with Crippen molar-refractivity contribution in [3.05, 3.63) is 47.0 Å². The first-order valence-electron chi connectivity index (χ1n) is 6.80. The normalized spacial score (nSPS) is 10.3. The minimum Gasteiger partial charge on any atom is -0.502 e. The largest absolute Gasteiger partial charge is 0.502 e. The number of hydrogen-bond donors (Lipinski definition) is 2. The molecule has 0 aliphatic rings. The van der Waals surface area contributed by atoms with Gasteiger partial charge in [-0.05, 0) is 48.7 Å². The highest BCUT2D eigenvalue weighted by Crippen LogP contribution is 2.37. The van der Waals surface area contributed by atoms with Crippen LogP contribution in [0, 0.1) is 13.8 Å². The van der Waals surface area contributed by atoms with E-state index >= 15 is 0 Å². The van der Waals surface area contributed by atoms with E-state index in [0.717, 1.165) is 11.3 Å². The third-order valence-electron chi connectivity index (χ3n) is 3.42. The summed E-state index contributed by atoms with van der Waals surface area (Å²) in [6.45, 7) is 4.76. The quantitative estimate of drug-likeness (QED) is 0.881. The number of phenols is 1. The Kier molecular flexibility index (Phi) is 4.58. The van der Waals surface area contributed by atoms with Crippen molar-refractivity contribution >= 4 is 5.69 Å². The summed E-state index contributed by atoms with van der Waals surface area (Å²) in [6, 6.07) is 9.90. The highest BCUT2D eigenvalue weighted by molar-refractivity contribution is 5.55. The molecule has 2 aromatic rings. The predicted molar refractivity (Wildman–Crippen MR) is 84.5 cm³/mol. The first-order chi connectivity index (χ1) is 10.0. The van der Waals surface area contributed by atoms with Crippen molar-refractivity contribution in [1.29, 1.82) is 0 Å². The van der Waals surface area contributed by atoms with Crippen molar-refractivity contribution in [2.45, 2.75) is 20.4 Å². The minimum atomic E-state index is 0.0236. The number of anilines is 1. The van der Waals surface area contributed by atoms with Gasteiger partial charge in [0.15, 0.2) is 11.5 Å². The molecule has 4 nitrogen and oxygen atoms in total. The van der Waals surface area contributed by atoms with Gasteiger partial charge in [-0.25, -0.2) is 0 Å². The van der Waals surface area contributed by atoms with Crippen LogP contribution in [0.1, 0.15) is 16.7 Å². The van der Waals surface area contributed by atoms with E-state index in [-0.39, 0.29) is 5.75 Å². The van der Waals surface area contributed by atoms with Crippen LogP contribution in [0.5, 0.6) is 17.2 Å². The van der Waals surface area contributed by atoms with Crippen LogP contribution in [0.25, 0.3) is 0 Å². The Labute approximate surface area is 125 Å². The van der Waals surface area contributed by atoms with Gasteiger partial charge in [0.2, 0.25) is 5.75 Å². The van der Waals surface area contributed by atoms with Gasteiger partial charge in [-0.15, -0.1) is 0 Å². The number of methoxy groups -OCH3 is 2. The molecule has 0 bridgehead atoms. The maximum absolute atomic E-state index is 9.91. The van der Waals surface area contributed by atoms with Crippen LogP contribution in [0.15, 0.2) is 30.3 Å². The van der Waals surface area contributed by atoms with Crippen molar-refractivity contribution in [1.82, 2.24) is 0 Å². The Morgan fingerprint density at radius 3 is 2.19 bits per heavy atom. The molecule has 0 unspecified atom stereocenters. The predicted octanol–water partition coefficient (Wildman–Crippen LogP) is 3.64. The summed E-state index contributed by atoms with van der Waals surface area (Å²) in [6.07, 6.45) is 0. The van der Waals surface area contributed by atoms with E-state index in [0.29, 0.717) is 18.0 Å². The summed E-state index contributed by atoms with van der Waals surface area (Å²) in [5, 5.41) is 13.3. The fraction of sp³-hybridized carbons (Fsp3) is 0.294. The second-order valence-corrected chi connectivity index (χ2v) is 5.02. The zero-order valence-corrected chi connectivity index (χ0v) is 12.9. The summed E-state index contributed by atoms with van der Waals surface area (Å²) in [4.78, 5) is 0. The van der Waals surface area contributed by atoms with E-state index in [1.54, 1.807) is 12.1 Å². The molecule has 4 heteroatoms. The number of phenolic OH excluding ortho intramolecular Hbond substituents is 1. The van der Waals surface area contributed by atoms with Crippen molar-refractivity contribution in [3.63, 3.8) is 0 Å². The second-order valence-electron chi connectivity index (χ2n) is 5.02. The van der Waals surface area contributed by atoms with Crippen molar-refractivity contribution in [3.8, 4) is 17.2 Å². The zero-order valence-electron chi connectivity index (χ0n) is 12.9. The molecule has 112 valence electrons. The van der Waals surface area contributed by atoms with Crippen molar-refractivity contribution < 1.29 is 14.6 Å². The summed E-state index contributed by atoms with van der Waals surface area (Å²) in [5.41, 5.74) is 4.48. The Bertz CT molecular complexity index is 613. The molecule has 21 heavy (non-hydrogen) atoms. The van der Waals surface area contributed by atoms with Crippen LogP contribution >= 0.6 is 0 Å². The molecule has 2 aromatic carbocycles. The van der Waals surface area contributed by atoms with E-state index in [1.807, 2.05) is 0 Å². The third-order valence-corrected chi connectivity index (χ3v) is 3.42. The van der Waals surface area contributed by atoms with Crippen LogP contribution in [0.2, 0.25) is 0 Å². The van der Waals surface area contributed by atoms with E-state index in [9.17, 15) is 5.11 Å². The molecule has 0 saturated carbocycles. The molecule has 2 N–H and O–H groups in total. The molecular formula is C17H21NO3. The van der Waals surface area contributed by atoms with E-state index in [4.69, 9.17) is 9.47 Å². The number of aromatic hydroxyl groups is 1. The number of rotatable bonds is 5. The first-order valence-corrected chi connectivity index (χ1v) is 6.80. The molecule has 0 atom stereocenters. The van der Waals surface area contributed by atoms with Gasteiger partial charge < -0.3 is 19.9 Å². The van der Waals surface area contributed by atoms with E-state index in [1.165, 1.54) is 25.3 Å². The highest BCUT2D eigenvalue weighted by atomic mass is 16.5. The average Bonchev–Trinajstić information content (AvgIpc) is 2.49. The molecule has 2 rings (SSSR count). The van der Waals surface area contributed by atoms with Gasteiger partial charge in [-0.2, -0.15) is 0 Å². The maximum atomic E-state index is 9.91. The summed E-state index contributed by atoms with van der Waals surface area (Å²) in [7, 11) is 3.05. The third kappa shape index (κ3) is 3.40. The highest BCUT2D eigenvalue weighted by Gasteiger charge is 2.11. The van der Waals surface area contributed by atoms with Crippen molar-refractivity contribution in [2.24, 2.45) is 0 Å². The molecule has 0 aliphatic heterocycles. The first kappa shape index (κ1) is 15.0. The summed E-state index contributed by atoms with van der Waals surface area (Å²) < 4.78 is 10.3. The number of hydrogen-bond acceptors (Lipinski definition) is 4.